The smallest absolute Gasteiger partial charge is 0.340 e. The number of aromatic nitrogens is 1. The van der Waals surface area contributed by atoms with E-state index in [0.29, 0.717) is 5.56 Å². The number of nitriles is 1. The molecule has 142 valence electrons. The first-order valence-corrected chi connectivity index (χ1v) is 8.83. The molecule has 6 nitrogen and oxygen atoms in total. The summed E-state index contributed by atoms with van der Waals surface area (Å²) in [4.78, 5) is 24.5. The Balaban J connectivity index is 2.10. The van der Waals surface area contributed by atoms with Gasteiger partial charge >= 0.3 is 5.97 Å². The van der Waals surface area contributed by atoms with Crippen LogP contribution in [-0.4, -0.2) is 28.6 Å². The van der Waals surface area contributed by atoms with Crippen LogP contribution in [0.25, 0.3) is 5.69 Å². The van der Waals surface area contributed by atoms with Crippen LogP contribution < -0.4 is 5.32 Å². The number of rotatable bonds is 6. The first-order valence-electron chi connectivity index (χ1n) is 8.83. The molecule has 0 spiro atoms. The van der Waals surface area contributed by atoms with Crippen molar-refractivity contribution >= 4 is 11.9 Å². The highest BCUT2D eigenvalue weighted by Gasteiger charge is 2.30. The lowest BCUT2D eigenvalue weighted by atomic mass is 9.90. The number of aryl methyl sites for hydroxylation is 1. The fourth-order valence-corrected chi connectivity index (χ4v) is 2.78. The van der Waals surface area contributed by atoms with Gasteiger partial charge in [-0.2, -0.15) is 5.26 Å². The van der Waals surface area contributed by atoms with E-state index in [4.69, 9.17) is 4.74 Å². The predicted octanol–water partition coefficient (Wildman–Crippen LogP) is 3.31. The van der Waals surface area contributed by atoms with Gasteiger partial charge in [0.25, 0.3) is 5.91 Å². The first-order chi connectivity index (χ1) is 12.7. The molecular weight excluding hydrogens is 342 g/mol. The van der Waals surface area contributed by atoms with E-state index < -0.39 is 24.0 Å². The third kappa shape index (κ3) is 4.37. The van der Waals surface area contributed by atoms with E-state index in [9.17, 15) is 14.9 Å². The van der Waals surface area contributed by atoms with Crippen molar-refractivity contribution in [1.29, 1.82) is 5.26 Å². The number of hydrogen-bond donors (Lipinski definition) is 1. The van der Waals surface area contributed by atoms with E-state index in [1.54, 1.807) is 13.0 Å². The largest absolute Gasteiger partial charge is 0.452 e. The molecule has 0 fully saturated rings. The summed E-state index contributed by atoms with van der Waals surface area (Å²) in [5.41, 5.74) is 1.99. The standard InChI is InChI=1S/C21H25N3O3/c1-14(2)21(5,13-22)23-19(25)12-27-20(26)18-11-15(3)24(16(18)4)17-9-7-6-8-10-17/h6-11,14H,12H2,1-5H3,(H,23,25)/t21-/m1/s1. The van der Waals surface area contributed by atoms with E-state index in [1.807, 2.05) is 62.6 Å². The predicted molar refractivity (Wildman–Crippen MR) is 103 cm³/mol. The number of para-hydroxylation sites is 1. The molecule has 27 heavy (non-hydrogen) atoms. The Morgan fingerprint density at radius 2 is 1.89 bits per heavy atom. The van der Waals surface area contributed by atoms with Crippen molar-refractivity contribution in [3.63, 3.8) is 0 Å². The highest BCUT2D eigenvalue weighted by atomic mass is 16.5. The van der Waals surface area contributed by atoms with Crippen LogP contribution in [0.15, 0.2) is 36.4 Å². The second-order valence-corrected chi connectivity index (χ2v) is 7.05. The molecule has 1 aromatic carbocycles. The molecule has 6 heteroatoms. The van der Waals surface area contributed by atoms with E-state index in [-0.39, 0.29) is 5.92 Å². The van der Waals surface area contributed by atoms with Gasteiger partial charge < -0.3 is 14.6 Å². The molecular formula is C21H25N3O3. The van der Waals surface area contributed by atoms with Gasteiger partial charge in [-0.15, -0.1) is 0 Å². The van der Waals surface area contributed by atoms with Crippen LogP contribution in [0, 0.1) is 31.1 Å². The Bertz CT molecular complexity index is 878. The maximum atomic E-state index is 12.5. The highest BCUT2D eigenvalue weighted by Crippen LogP contribution is 2.21. The van der Waals surface area contributed by atoms with Crippen molar-refractivity contribution in [3.8, 4) is 11.8 Å². The second-order valence-electron chi connectivity index (χ2n) is 7.05. The van der Waals surface area contributed by atoms with Crippen molar-refractivity contribution in [2.45, 2.75) is 40.2 Å². The molecule has 0 saturated heterocycles. The summed E-state index contributed by atoms with van der Waals surface area (Å²) in [6.07, 6.45) is 0. The lowest BCUT2D eigenvalue weighted by Crippen LogP contribution is -2.50. The van der Waals surface area contributed by atoms with Gasteiger partial charge in [-0.05, 0) is 44.9 Å². The fraction of sp³-hybridized carbons (Fsp3) is 0.381. The van der Waals surface area contributed by atoms with Crippen LogP contribution in [0.3, 0.4) is 0 Å². The van der Waals surface area contributed by atoms with E-state index in [0.717, 1.165) is 17.1 Å². The maximum Gasteiger partial charge on any atom is 0.340 e. The summed E-state index contributed by atoms with van der Waals surface area (Å²) in [5.74, 6) is -1.14. The number of nitrogens with zero attached hydrogens (tertiary/aromatic N) is 2. The fourth-order valence-electron chi connectivity index (χ4n) is 2.78. The third-order valence-corrected chi connectivity index (χ3v) is 4.79. The molecule has 1 amide bonds. The van der Waals surface area contributed by atoms with Gasteiger partial charge in [0, 0.05) is 17.1 Å². The summed E-state index contributed by atoms with van der Waals surface area (Å²) < 4.78 is 7.13. The maximum absolute atomic E-state index is 12.5. The van der Waals surface area contributed by atoms with Crippen molar-refractivity contribution < 1.29 is 14.3 Å². The average Bonchev–Trinajstić information content (AvgIpc) is 2.94. The third-order valence-electron chi connectivity index (χ3n) is 4.79. The number of ether oxygens (including phenoxy) is 1. The SMILES string of the molecule is Cc1cc(C(=O)OCC(=O)N[C@](C)(C#N)C(C)C)c(C)n1-c1ccccc1. The Labute approximate surface area is 159 Å². The van der Waals surface area contributed by atoms with Crippen molar-refractivity contribution in [1.82, 2.24) is 9.88 Å². The van der Waals surface area contributed by atoms with Crippen LogP contribution in [0.5, 0.6) is 0 Å². The topological polar surface area (TPSA) is 84.1 Å². The summed E-state index contributed by atoms with van der Waals surface area (Å²) in [7, 11) is 0. The monoisotopic (exact) mass is 367 g/mol. The molecule has 0 aliphatic carbocycles. The molecule has 1 heterocycles. The van der Waals surface area contributed by atoms with Crippen LogP contribution in [-0.2, 0) is 9.53 Å². The first kappa shape index (κ1) is 20.2. The summed E-state index contributed by atoms with van der Waals surface area (Å²) >= 11 is 0. The Morgan fingerprint density at radius 3 is 2.44 bits per heavy atom. The molecule has 1 atom stereocenters. The van der Waals surface area contributed by atoms with Crippen molar-refractivity contribution in [2.75, 3.05) is 6.61 Å². The molecule has 0 aliphatic heterocycles. The Morgan fingerprint density at radius 1 is 1.26 bits per heavy atom. The van der Waals surface area contributed by atoms with Gasteiger partial charge in [0.05, 0.1) is 11.6 Å². The van der Waals surface area contributed by atoms with Gasteiger partial charge in [0.2, 0.25) is 0 Å². The zero-order chi connectivity index (χ0) is 20.2. The molecule has 0 radical (unpaired) electrons. The normalized spacial score (nSPS) is 12.9. The van der Waals surface area contributed by atoms with Gasteiger partial charge in [-0.1, -0.05) is 32.0 Å². The number of esters is 1. The Kier molecular flexibility index (Phi) is 6.06. The van der Waals surface area contributed by atoms with Gasteiger partial charge in [0.1, 0.15) is 5.54 Å². The molecule has 0 saturated carbocycles. The summed E-state index contributed by atoms with van der Waals surface area (Å²) in [6, 6.07) is 13.5. The molecule has 2 rings (SSSR count). The minimum Gasteiger partial charge on any atom is -0.452 e. The van der Waals surface area contributed by atoms with Gasteiger partial charge in [0.15, 0.2) is 6.61 Å². The van der Waals surface area contributed by atoms with E-state index in [2.05, 4.69) is 11.4 Å². The average molecular weight is 367 g/mol. The number of hydrogen-bond acceptors (Lipinski definition) is 4. The second kappa shape index (κ2) is 8.09. The molecule has 1 aromatic heterocycles. The number of benzene rings is 1. The van der Waals surface area contributed by atoms with Crippen molar-refractivity contribution in [2.24, 2.45) is 5.92 Å². The highest BCUT2D eigenvalue weighted by molar-refractivity contribution is 5.93. The molecule has 1 N–H and O–H groups in total. The Hall–Kier alpha value is -3.07. The van der Waals surface area contributed by atoms with Crippen LogP contribution in [0.4, 0.5) is 0 Å². The molecule has 0 bridgehead atoms. The number of carbonyl (C=O) groups is 2. The molecule has 0 unspecified atom stereocenters. The van der Waals surface area contributed by atoms with Gasteiger partial charge in [-0.25, -0.2) is 4.79 Å². The lowest BCUT2D eigenvalue weighted by Gasteiger charge is -2.27. The number of carbonyl (C=O) groups excluding carboxylic acids is 2. The lowest BCUT2D eigenvalue weighted by molar-refractivity contribution is -0.125. The van der Waals surface area contributed by atoms with Crippen LogP contribution in [0.1, 0.15) is 42.5 Å². The van der Waals surface area contributed by atoms with Gasteiger partial charge in [-0.3, -0.25) is 4.79 Å². The zero-order valence-corrected chi connectivity index (χ0v) is 16.4. The van der Waals surface area contributed by atoms with E-state index >= 15 is 0 Å². The number of amides is 1. The zero-order valence-electron chi connectivity index (χ0n) is 16.4. The van der Waals surface area contributed by atoms with E-state index in [1.165, 1.54) is 0 Å². The quantitative estimate of drug-likeness (QED) is 0.794. The molecule has 2 aromatic rings. The molecule has 0 aliphatic rings. The minimum absolute atomic E-state index is 0.0769. The summed E-state index contributed by atoms with van der Waals surface area (Å²) in [6.45, 7) is 8.64. The van der Waals surface area contributed by atoms with Crippen molar-refractivity contribution in [3.05, 3.63) is 53.3 Å². The van der Waals surface area contributed by atoms with Crippen LogP contribution >= 0.6 is 0 Å². The minimum atomic E-state index is -1.01. The summed E-state index contributed by atoms with van der Waals surface area (Å²) in [5, 5.41) is 11.9. The number of nitrogens with one attached hydrogen (secondary N) is 1. The van der Waals surface area contributed by atoms with Crippen LogP contribution in [0.2, 0.25) is 0 Å².